The van der Waals surface area contributed by atoms with E-state index in [1.165, 1.54) is 12.8 Å². The molecule has 2 bridgehead atoms. The summed E-state index contributed by atoms with van der Waals surface area (Å²) < 4.78 is 5.64. The lowest BCUT2D eigenvalue weighted by Gasteiger charge is -2.19. The zero-order chi connectivity index (χ0) is 12.8. The van der Waals surface area contributed by atoms with E-state index in [-0.39, 0.29) is 6.03 Å². The van der Waals surface area contributed by atoms with Gasteiger partial charge in [-0.15, -0.1) is 0 Å². The Balaban J connectivity index is 1.28. The highest BCUT2D eigenvalue weighted by Crippen LogP contribution is 2.58. The van der Waals surface area contributed by atoms with Gasteiger partial charge in [-0.25, -0.2) is 4.79 Å². The summed E-state index contributed by atoms with van der Waals surface area (Å²) in [7, 11) is 0. The number of nitrogens with one attached hydrogen (secondary N) is 2. The second-order valence-corrected chi connectivity index (χ2v) is 5.92. The summed E-state index contributed by atoms with van der Waals surface area (Å²) in [4.78, 5) is 11.8. The van der Waals surface area contributed by atoms with Gasteiger partial charge in [0.15, 0.2) is 0 Å². The van der Waals surface area contributed by atoms with E-state index in [1.807, 2.05) is 30.3 Å². The number of ether oxygens (including phenoxy) is 1. The Kier molecular flexibility index (Phi) is 2.52. The molecule has 3 aliphatic rings. The van der Waals surface area contributed by atoms with Crippen molar-refractivity contribution in [3.05, 3.63) is 30.3 Å². The fraction of sp³-hybridized carbons (Fsp3) is 0.533. The van der Waals surface area contributed by atoms with Crippen LogP contribution in [0.25, 0.3) is 0 Å². The highest BCUT2D eigenvalue weighted by Gasteiger charge is 2.62. The van der Waals surface area contributed by atoms with Crippen LogP contribution < -0.4 is 10.6 Å². The summed E-state index contributed by atoms with van der Waals surface area (Å²) in [5.41, 5.74) is 0.832. The minimum Gasteiger partial charge on any atom is -0.369 e. The number of anilines is 1. The number of carbonyl (C=O) groups excluding carboxylic acids is 1. The van der Waals surface area contributed by atoms with Gasteiger partial charge in [-0.1, -0.05) is 18.2 Å². The number of hydrogen-bond acceptors (Lipinski definition) is 2. The van der Waals surface area contributed by atoms with Crippen molar-refractivity contribution in [3.63, 3.8) is 0 Å². The Morgan fingerprint density at radius 1 is 1.21 bits per heavy atom. The summed E-state index contributed by atoms with van der Waals surface area (Å²) >= 11 is 0. The molecule has 2 amide bonds. The molecule has 100 valence electrons. The molecular weight excluding hydrogens is 240 g/mol. The molecule has 4 nitrogen and oxygen atoms in total. The van der Waals surface area contributed by atoms with Gasteiger partial charge in [0, 0.05) is 12.2 Å². The molecule has 5 atom stereocenters. The third-order valence-corrected chi connectivity index (χ3v) is 4.79. The van der Waals surface area contributed by atoms with E-state index >= 15 is 0 Å². The number of para-hydroxylation sites is 1. The Labute approximate surface area is 112 Å². The number of hydrogen-bond donors (Lipinski definition) is 2. The second kappa shape index (κ2) is 4.23. The fourth-order valence-electron chi connectivity index (χ4n) is 3.89. The van der Waals surface area contributed by atoms with Crippen molar-refractivity contribution in [2.24, 2.45) is 17.8 Å². The van der Waals surface area contributed by atoms with Crippen molar-refractivity contribution in [1.29, 1.82) is 0 Å². The first-order chi connectivity index (χ1) is 9.31. The van der Waals surface area contributed by atoms with Crippen LogP contribution in [-0.4, -0.2) is 24.8 Å². The summed E-state index contributed by atoms with van der Waals surface area (Å²) in [6.07, 6.45) is 3.61. The van der Waals surface area contributed by atoms with Gasteiger partial charge in [-0.05, 0) is 42.7 Å². The Hall–Kier alpha value is -1.55. The normalized spacial score (nSPS) is 37.8. The molecule has 2 saturated carbocycles. The monoisotopic (exact) mass is 258 g/mol. The second-order valence-electron chi connectivity index (χ2n) is 5.92. The van der Waals surface area contributed by atoms with Crippen molar-refractivity contribution in [3.8, 4) is 0 Å². The predicted molar refractivity (Wildman–Crippen MR) is 71.8 cm³/mol. The molecule has 2 aliphatic carbocycles. The number of rotatable bonds is 3. The van der Waals surface area contributed by atoms with Gasteiger partial charge in [0.25, 0.3) is 0 Å². The maximum Gasteiger partial charge on any atom is 0.319 e. The highest BCUT2D eigenvalue weighted by atomic mass is 16.6. The van der Waals surface area contributed by atoms with Gasteiger partial charge in [-0.3, -0.25) is 0 Å². The average Bonchev–Trinajstić information content (AvgIpc) is 3.04. The fourth-order valence-corrected chi connectivity index (χ4v) is 3.89. The smallest absolute Gasteiger partial charge is 0.319 e. The molecule has 3 fully saturated rings. The number of benzene rings is 1. The van der Waals surface area contributed by atoms with Crippen LogP contribution in [0.4, 0.5) is 10.5 Å². The van der Waals surface area contributed by atoms with Crippen molar-refractivity contribution >= 4 is 11.7 Å². The summed E-state index contributed by atoms with van der Waals surface area (Å²) in [6, 6.07) is 9.43. The van der Waals surface area contributed by atoms with E-state index in [2.05, 4.69) is 10.6 Å². The van der Waals surface area contributed by atoms with Crippen LogP contribution in [0.15, 0.2) is 30.3 Å². The van der Waals surface area contributed by atoms with Crippen LogP contribution in [0.1, 0.15) is 12.8 Å². The molecule has 2 N–H and O–H groups in total. The third-order valence-electron chi connectivity index (χ3n) is 4.79. The largest absolute Gasteiger partial charge is 0.369 e. The van der Waals surface area contributed by atoms with Crippen LogP contribution in [0, 0.1) is 17.8 Å². The molecule has 4 heteroatoms. The molecule has 0 spiro atoms. The van der Waals surface area contributed by atoms with E-state index in [0.717, 1.165) is 18.2 Å². The number of fused-ring (bicyclic) bond motifs is 5. The van der Waals surface area contributed by atoms with Crippen LogP contribution in [0.5, 0.6) is 0 Å². The van der Waals surface area contributed by atoms with E-state index in [4.69, 9.17) is 4.74 Å². The maximum atomic E-state index is 11.8. The van der Waals surface area contributed by atoms with Gasteiger partial charge in [0.2, 0.25) is 0 Å². The lowest BCUT2D eigenvalue weighted by atomic mass is 9.89. The maximum absolute atomic E-state index is 11.8. The lowest BCUT2D eigenvalue weighted by Crippen LogP contribution is -2.35. The molecule has 0 radical (unpaired) electrons. The van der Waals surface area contributed by atoms with Gasteiger partial charge >= 0.3 is 6.03 Å². The van der Waals surface area contributed by atoms with E-state index in [9.17, 15) is 4.79 Å². The minimum absolute atomic E-state index is 0.109. The highest BCUT2D eigenvalue weighted by molar-refractivity contribution is 5.89. The Bertz CT molecular complexity index is 490. The van der Waals surface area contributed by atoms with E-state index < -0.39 is 0 Å². The van der Waals surface area contributed by atoms with Crippen molar-refractivity contribution < 1.29 is 9.53 Å². The average molecular weight is 258 g/mol. The quantitative estimate of drug-likeness (QED) is 0.817. The third kappa shape index (κ3) is 2.00. The first-order valence-electron chi connectivity index (χ1n) is 7.06. The molecule has 5 unspecified atom stereocenters. The van der Waals surface area contributed by atoms with E-state index in [0.29, 0.717) is 24.0 Å². The lowest BCUT2D eigenvalue weighted by molar-refractivity contribution is 0.238. The Morgan fingerprint density at radius 2 is 2.05 bits per heavy atom. The van der Waals surface area contributed by atoms with Crippen molar-refractivity contribution in [2.45, 2.75) is 25.0 Å². The van der Waals surface area contributed by atoms with Gasteiger partial charge < -0.3 is 15.4 Å². The van der Waals surface area contributed by atoms with Crippen molar-refractivity contribution in [2.75, 3.05) is 11.9 Å². The zero-order valence-corrected chi connectivity index (χ0v) is 10.7. The minimum atomic E-state index is -0.109. The molecule has 1 aliphatic heterocycles. The predicted octanol–water partition coefficient (Wildman–Crippen LogP) is 2.23. The van der Waals surface area contributed by atoms with Gasteiger partial charge in [0.1, 0.15) is 0 Å². The summed E-state index contributed by atoms with van der Waals surface area (Å²) in [5.74, 6) is 2.06. The molecule has 4 rings (SSSR count). The number of epoxide rings is 1. The standard InChI is InChI=1S/C15H18N2O2/c18-15(17-11-4-2-1-3-5-11)16-8-10-6-9-7-12(10)14-13(9)19-14/h1-5,9-10,12-14H,6-8H2,(H2,16,17,18). The SMILES string of the molecule is O=C(NCC1CC2CC1C1OC21)Nc1ccccc1. The topological polar surface area (TPSA) is 53.7 Å². The summed E-state index contributed by atoms with van der Waals surface area (Å²) in [5, 5.41) is 5.84. The molecule has 0 aromatic heterocycles. The van der Waals surface area contributed by atoms with Crippen LogP contribution >= 0.6 is 0 Å². The molecule has 1 saturated heterocycles. The molecule has 1 heterocycles. The summed E-state index contributed by atoms with van der Waals surface area (Å²) in [6.45, 7) is 0.770. The van der Waals surface area contributed by atoms with Gasteiger partial charge in [-0.2, -0.15) is 0 Å². The first kappa shape index (κ1) is 11.3. The van der Waals surface area contributed by atoms with Crippen LogP contribution in [0.3, 0.4) is 0 Å². The molecular formula is C15H18N2O2. The number of amides is 2. The Morgan fingerprint density at radius 3 is 2.79 bits per heavy atom. The van der Waals surface area contributed by atoms with Gasteiger partial charge in [0.05, 0.1) is 12.2 Å². The van der Waals surface area contributed by atoms with Crippen LogP contribution in [-0.2, 0) is 4.74 Å². The zero-order valence-electron chi connectivity index (χ0n) is 10.7. The van der Waals surface area contributed by atoms with Crippen molar-refractivity contribution in [1.82, 2.24) is 5.32 Å². The van der Waals surface area contributed by atoms with Crippen LogP contribution in [0.2, 0.25) is 0 Å². The molecule has 1 aromatic rings. The number of carbonyl (C=O) groups is 1. The number of urea groups is 1. The molecule has 19 heavy (non-hydrogen) atoms. The molecule has 1 aromatic carbocycles. The first-order valence-corrected chi connectivity index (χ1v) is 7.06. The van der Waals surface area contributed by atoms with E-state index in [1.54, 1.807) is 0 Å².